The van der Waals surface area contributed by atoms with Gasteiger partial charge in [0.1, 0.15) is 29.4 Å². The van der Waals surface area contributed by atoms with Gasteiger partial charge in [0.05, 0.1) is 26.9 Å². The van der Waals surface area contributed by atoms with Crippen molar-refractivity contribution in [2.24, 2.45) is 0 Å². The zero-order chi connectivity index (χ0) is 27.4. The van der Waals surface area contributed by atoms with Gasteiger partial charge in [0.15, 0.2) is 0 Å². The van der Waals surface area contributed by atoms with E-state index in [0.29, 0.717) is 11.5 Å². The molecule has 202 valence electrons. The highest BCUT2D eigenvalue weighted by molar-refractivity contribution is 5.49. The zero-order valence-electron chi connectivity index (χ0n) is 21.7. The molecule has 1 saturated heterocycles. The average molecular weight is 531 g/mol. The molecule has 0 spiro atoms. The van der Waals surface area contributed by atoms with Crippen molar-refractivity contribution in [1.29, 1.82) is 0 Å². The molecule has 0 radical (unpaired) electrons. The number of ether oxygens (including phenoxy) is 4. The van der Waals surface area contributed by atoms with Crippen molar-refractivity contribution in [3.63, 3.8) is 0 Å². The second-order valence-corrected chi connectivity index (χ2v) is 9.24. The Morgan fingerprint density at radius 3 is 1.97 bits per heavy atom. The molecule has 1 aromatic heterocycles. The third-order valence-electron chi connectivity index (χ3n) is 7.02. The lowest BCUT2D eigenvalue weighted by atomic mass is 9.80. The van der Waals surface area contributed by atoms with E-state index in [1.54, 1.807) is 14.2 Å². The number of rotatable bonds is 9. The summed E-state index contributed by atoms with van der Waals surface area (Å²) < 4.78 is 24.6. The summed E-state index contributed by atoms with van der Waals surface area (Å²) in [6, 6.07) is 26.2. The van der Waals surface area contributed by atoms with Crippen molar-refractivity contribution in [2.45, 2.75) is 30.5 Å². The van der Waals surface area contributed by atoms with Gasteiger partial charge in [-0.15, -0.1) is 0 Å². The Morgan fingerprint density at radius 2 is 1.44 bits per heavy atom. The minimum absolute atomic E-state index is 0.0237. The fraction of sp³-hybridized carbons (Fsp3) is 0.267. The van der Waals surface area contributed by atoms with Gasteiger partial charge in [0, 0.05) is 18.7 Å². The molecule has 0 unspecified atom stereocenters. The smallest absolute Gasteiger partial charge is 0.330 e. The quantitative estimate of drug-likeness (QED) is 0.320. The van der Waals surface area contributed by atoms with Crippen LogP contribution >= 0.6 is 0 Å². The van der Waals surface area contributed by atoms with Crippen LogP contribution in [0.1, 0.15) is 29.3 Å². The first-order chi connectivity index (χ1) is 19.0. The first-order valence-electron chi connectivity index (χ1n) is 12.6. The van der Waals surface area contributed by atoms with Crippen LogP contribution in [-0.2, 0) is 15.1 Å². The summed E-state index contributed by atoms with van der Waals surface area (Å²) in [5.41, 5.74) is 0.324. The second-order valence-electron chi connectivity index (χ2n) is 9.24. The Balaban J connectivity index is 1.55. The molecule has 9 nitrogen and oxygen atoms in total. The Morgan fingerprint density at radius 1 is 0.872 bits per heavy atom. The third kappa shape index (κ3) is 5.12. The minimum atomic E-state index is -1.10. The van der Waals surface area contributed by atoms with E-state index in [1.165, 1.54) is 12.3 Å². The highest BCUT2D eigenvalue weighted by Gasteiger charge is 2.42. The molecule has 9 heteroatoms. The van der Waals surface area contributed by atoms with Crippen LogP contribution < -0.4 is 20.7 Å². The van der Waals surface area contributed by atoms with E-state index < -0.39 is 35.3 Å². The molecule has 3 atom stereocenters. The predicted molar refractivity (Wildman–Crippen MR) is 144 cm³/mol. The number of hydrogen-bond acceptors (Lipinski definition) is 7. The number of H-pyrrole nitrogens is 1. The van der Waals surface area contributed by atoms with Gasteiger partial charge in [0.2, 0.25) is 0 Å². The molecule has 5 rings (SSSR count). The fourth-order valence-electron chi connectivity index (χ4n) is 5.01. The van der Waals surface area contributed by atoms with E-state index in [1.807, 2.05) is 78.9 Å². The maximum atomic E-state index is 12.3. The average Bonchev–Trinajstić information content (AvgIpc) is 3.34. The number of nitrogens with zero attached hydrogens (tertiary/aromatic N) is 1. The Labute approximate surface area is 225 Å². The summed E-state index contributed by atoms with van der Waals surface area (Å²) in [4.78, 5) is 27.1. The van der Waals surface area contributed by atoms with Gasteiger partial charge in [0.25, 0.3) is 5.56 Å². The van der Waals surface area contributed by atoms with Crippen molar-refractivity contribution in [3.8, 4) is 11.5 Å². The Bertz CT molecular complexity index is 1420. The van der Waals surface area contributed by atoms with Crippen molar-refractivity contribution in [1.82, 2.24) is 9.55 Å². The van der Waals surface area contributed by atoms with E-state index in [0.717, 1.165) is 21.3 Å². The highest BCUT2D eigenvalue weighted by Crippen LogP contribution is 2.42. The van der Waals surface area contributed by atoms with Crippen LogP contribution in [-0.4, -0.2) is 47.7 Å². The highest BCUT2D eigenvalue weighted by atomic mass is 16.6. The first-order valence-corrected chi connectivity index (χ1v) is 12.6. The number of aromatic amines is 1. The molecule has 2 heterocycles. The van der Waals surface area contributed by atoms with Crippen LogP contribution in [0.15, 0.2) is 101 Å². The third-order valence-corrected chi connectivity index (χ3v) is 7.02. The molecule has 2 N–H and O–H groups in total. The van der Waals surface area contributed by atoms with Crippen molar-refractivity contribution in [2.75, 3.05) is 20.8 Å². The molecular formula is C30H30N2O7. The molecule has 0 saturated carbocycles. The van der Waals surface area contributed by atoms with E-state index in [-0.39, 0.29) is 13.0 Å². The van der Waals surface area contributed by atoms with Crippen molar-refractivity contribution in [3.05, 3.63) is 129 Å². The van der Waals surface area contributed by atoms with Crippen LogP contribution in [0.2, 0.25) is 0 Å². The van der Waals surface area contributed by atoms with Crippen LogP contribution in [0.25, 0.3) is 0 Å². The second kappa shape index (κ2) is 11.3. The monoisotopic (exact) mass is 530 g/mol. The maximum absolute atomic E-state index is 12.3. The topological polar surface area (TPSA) is 112 Å². The summed E-state index contributed by atoms with van der Waals surface area (Å²) in [6.45, 7) is -0.0237. The maximum Gasteiger partial charge on any atom is 0.330 e. The number of aliphatic hydroxyl groups excluding tert-OH is 1. The van der Waals surface area contributed by atoms with Gasteiger partial charge in [-0.2, -0.15) is 0 Å². The van der Waals surface area contributed by atoms with Gasteiger partial charge in [-0.3, -0.25) is 4.79 Å². The zero-order valence-corrected chi connectivity index (χ0v) is 21.7. The predicted octanol–water partition coefficient (Wildman–Crippen LogP) is 3.21. The van der Waals surface area contributed by atoms with Gasteiger partial charge in [-0.05, 0) is 41.0 Å². The molecule has 1 aliphatic heterocycles. The lowest BCUT2D eigenvalue weighted by Crippen LogP contribution is -2.39. The number of hydrogen-bond donors (Lipinski definition) is 2. The summed E-state index contributed by atoms with van der Waals surface area (Å²) in [5, 5.41) is 10.9. The van der Waals surface area contributed by atoms with Gasteiger partial charge >= 0.3 is 5.69 Å². The van der Waals surface area contributed by atoms with Crippen LogP contribution in [0.4, 0.5) is 0 Å². The Hall–Kier alpha value is -4.18. The van der Waals surface area contributed by atoms with Crippen molar-refractivity contribution < 1.29 is 24.1 Å². The molecule has 0 bridgehead atoms. The van der Waals surface area contributed by atoms with E-state index >= 15 is 0 Å². The molecule has 0 amide bonds. The van der Waals surface area contributed by atoms with Crippen LogP contribution in [0.5, 0.6) is 11.5 Å². The number of nitrogens with one attached hydrogen (secondary N) is 1. The molecule has 1 aliphatic rings. The summed E-state index contributed by atoms with van der Waals surface area (Å²) >= 11 is 0. The van der Waals surface area contributed by atoms with Gasteiger partial charge in [-0.25, -0.2) is 9.36 Å². The van der Waals surface area contributed by atoms with Crippen LogP contribution in [0.3, 0.4) is 0 Å². The SMILES string of the molecule is COc1ccc(C(OC[C@H]2O[C@H](n3c(=O)cc[nH]c3=O)C[C@H]2O)(c2ccccc2)c2ccc(OC)cc2)cc1. The minimum Gasteiger partial charge on any atom is -0.497 e. The van der Waals surface area contributed by atoms with E-state index in [4.69, 9.17) is 18.9 Å². The lowest BCUT2D eigenvalue weighted by Gasteiger charge is -2.37. The van der Waals surface area contributed by atoms with E-state index in [2.05, 4.69) is 4.98 Å². The summed E-state index contributed by atoms with van der Waals surface area (Å²) in [6.07, 6.45) is -1.31. The number of methoxy groups -OCH3 is 2. The molecule has 3 aromatic carbocycles. The van der Waals surface area contributed by atoms with Crippen LogP contribution in [0, 0.1) is 0 Å². The molecular weight excluding hydrogens is 500 g/mol. The largest absolute Gasteiger partial charge is 0.497 e. The normalized spacial score (nSPS) is 19.1. The Kier molecular flexibility index (Phi) is 7.65. The number of aromatic nitrogens is 2. The fourth-order valence-corrected chi connectivity index (χ4v) is 5.01. The number of benzene rings is 3. The summed E-state index contributed by atoms with van der Waals surface area (Å²) in [5.74, 6) is 1.40. The van der Waals surface area contributed by atoms with E-state index in [9.17, 15) is 14.7 Å². The molecule has 4 aromatic rings. The lowest BCUT2D eigenvalue weighted by molar-refractivity contribution is -0.0949. The number of aliphatic hydroxyl groups is 1. The molecule has 1 fully saturated rings. The van der Waals surface area contributed by atoms with Crippen molar-refractivity contribution >= 4 is 0 Å². The summed E-state index contributed by atoms with van der Waals surface area (Å²) in [7, 11) is 3.22. The molecule has 0 aliphatic carbocycles. The first kappa shape index (κ1) is 26.4. The standard InChI is InChI=1S/C30H30N2O7/c1-36-23-12-8-21(9-13-23)30(20-6-4-3-5-7-20,22-10-14-24(37-2)15-11-22)38-19-26-25(33)18-28(39-26)32-27(34)16-17-31-29(32)35/h3-17,25-26,28,33H,18-19H2,1-2H3,(H,31,35)/t25-,26-,28+/m1/s1. The van der Waals surface area contributed by atoms with Gasteiger partial charge in [-0.1, -0.05) is 54.6 Å². The molecule has 39 heavy (non-hydrogen) atoms. The van der Waals surface area contributed by atoms with Gasteiger partial charge < -0.3 is 29.0 Å².